The Morgan fingerprint density at radius 1 is 1.08 bits per heavy atom. The fourth-order valence-electron chi connectivity index (χ4n) is 2.49. The summed E-state index contributed by atoms with van der Waals surface area (Å²) >= 11 is 12.4. The van der Waals surface area contributed by atoms with E-state index in [1.54, 1.807) is 49.7 Å². The van der Waals surface area contributed by atoms with Crippen LogP contribution in [0.2, 0.25) is 10.0 Å². The highest BCUT2D eigenvalue weighted by molar-refractivity contribution is 6.36. The molecule has 1 N–H and O–H groups in total. The zero-order valence-corrected chi connectivity index (χ0v) is 15.5. The number of fused-ring (bicyclic) bond motifs is 1. The number of benzene rings is 2. The van der Waals surface area contributed by atoms with Crippen molar-refractivity contribution in [3.8, 4) is 5.75 Å². The van der Waals surface area contributed by atoms with Crippen molar-refractivity contribution in [3.05, 3.63) is 64.3 Å². The fourth-order valence-corrected chi connectivity index (χ4v) is 2.94. The molecular weight excluding hydrogens is 375 g/mol. The maximum Gasteiger partial charge on any atom is 0.257 e. The number of carbonyl (C=O) groups excluding carboxylic acids is 1. The van der Waals surface area contributed by atoms with Gasteiger partial charge in [-0.3, -0.25) is 9.78 Å². The molecule has 1 amide bonds. The van der Waals surface area contributed by atoms with E-state index in [1.807, 2.05) is 6.07 Å². The number of anilines is 1. The topological polar surface area (TPSA) is 60.5 Å². The van der Waals surface area contributed by atoms with E-state index in [0.717, 1.165) is 0 Å². The third kappa shape index (κ3) is 3.90. The molecule has 1 aromatic heterocycles. The molecular formula is C19H16Cl2N2O3. The number of aromatic nitrogens is 1. The third-order valence-electron chi connectivity index (χ3n) is 3.71. The summed E-state index contributed by atoms with van der Waals surface area (Å²) in [6.45, 7) is 0.721. The van der Waals surface area contributed by atoms with Crippen molar-refractivity contribution in [2.75, 3.05) is 25.6 Å². The lowest BCUT2D eigenvalue weighted by Gasteiger charge is -2.14. The van der Waals surface area contributed by atoms with Gasteiger partial charge in [-0.05, 0) is 36.4 Å². The van der Waals surface area contributed by atoms with Gasteiger partial charge in [0.2, 0.25) is 0 Å². The normalized spacial score (nSPS) is 10.7. The Morgan fingerprint density at radius 2 is 1.92 bits per heavy atom. The highest BCUT2D eigenvalue weighted by Gasteiger charge is 2.16. The molecule has 0 atom stereocenters. The Morgan fingerprint density at radius 3 is 2.73 bits per heavy atom. The Bertz CT molecular complexity index is 947. The van der Waals surface area contributed by atoms with Gasteiger partial charge in [0, 0.05) is 18.7 Å². The zero-order chi connectivity index (χ0) is 18.5. The predicted octanol–water partition coefficient (Wildman–Crippen LogP) is 4.82. The Balaban J connectivity index is 1.92. The summed E-state index contributed by atoms with van der Waals surface area (Å²) in [7, 11) is 1.58. The van der Waals surface area contributed by atoms with Gasteiger partial charge in [0.05, 0.1) is 33.4 Å². The van der Waals surface area contributed by atoms with Crippen molar-refractivity contribution in [1.29, 1.82) is 0 Å². The SMILES string of the molecule is COCCOc1c(Cl)cccc1NC(=O)c1ccc(Cl)c2cccnc12. The number of hydrogen-bond donors (Lipinski definition) is 1. The quantitative estimate of drug-likeness (QED) is 0.612. The number of hydrogen-bond acceptors (Lipinski definition) is 4. The smallest absolute Gasteiger partial charge is 0.257 e. The van der Waals surface area contributed by atoms with Crippen LogP contribution in [0.5, 0.6) is 5.75 Å². The summed E-state index contributed by atoms with van der Waals surface area (Å²) in [5.74, 6) is 0.0648. The van der Waals surface area contributed by atoms with Crippen LogP contribution in [0.1, 0.15) is 10.4 Å². The molecule has 3 aromatic rings. The number of amides is 1. The second kappa shape index (κ2) is 8.36. The van der Waals surface area contributed by atoms with Gasteiger partial charge in [-0.1, -0.05) is 29.3 Å². The van der Waals surface area contributed by atoms with Crippen LogP contribution in [0.15, 0.2) is 48.7 Å². The predicted molar refractivity (Wildman–Crippen MR) is 104 cm³/mol. The van der Waals surface area contributed by atoms with E-state index in [4.69, 9.17) is 32.7 Å². The number of nitrogens with one attached hydrogen (secondary N) is 1. The van der Waals surface area contributed by atoms with E-state index in [1.165, 1.54) is 0 Å². The standard InChI is InChI=1S/C19H16Cl2N2O3/c1-25-10-11-26-18-15(21)5-2-6-16(18)23-19(24)13-7-8-14(20)12-4-3-9-22-17(12)13/h2-9H,10-11H2,1H3,(H,23,24). The van der Waals surface area contributed by atoms with E-state index in [2.05, 4.69) is 10.3 Å². The molecule has 3 rings (SSSR count). The summed E-state index contributed by atoms with van der Waals surface area (Å²) in [5, 5.41) is 4.49. The van der Waals surface area contributed by atoms with Crippen molar-refractivity contribution in [1.82, 2.24) is 4.98 Å². The molecule has 0 unspecified atom stereocenters. The monoisotopic (exact) mass is 390 g/mol. The molecule has 7 heteroatoms. The molecule has 0 fully saturated rings. The summed E-state index contributed by atoms with van der Waals surface area (Å²) in [6.07, 6.45) is 1.62. The lowest BCUT2D eigenvalue weighted by molar-refractivity contribution is 0.102. The molecule has 134 valence electrons. The minimum atomic E-state index is -0.329. The second-order valence-electron chi connectivity index (χ2n) is 5.41. The van der Waals surface area contributed by atoms with Crippen molar-refractivity contribution in [2.45, 2.75) is 0 Å². The van der Waals surface area contributed by atoms with Crippen LogP contribution in [0, 0.1) is 0 Å². The summed E-state index contributed by atoms with van der Waals surface area (Å²) in [6, 6.07) is 12.1. The van der Waals surface area contributed by atoms with Gasteiger partial charge in [-0.15, -0.1) is 0 Å². The number of methoxy groups -OCH3 is 1. The minimum absolute atomic E-state index is 0.314. The van der Waals surface area contributed by atoms with Gasteiger partial charge < -0.3 is 14.8 Å². The molecule has 0 aliphatic carbocycles. The van der Waals surface area contributed by atoms with E-state index in [9.17, 15) is 4.79 Å². The molecule has 0 radical (unpaired) electrons. The van der Waals surface area contributed by atoms with Crippen LogP contribution >= 0.6 is 23.2 Å². The van der Waals surface area contributed by atoms with Gasteiger partial charge in [-0.25, -0.2) is 0 Å². The summed E-state index contributed by atoms with van der Waals surface area (Å²) in [4.78, 5) is 17.1. The lowest BCUT2D eigenvalue weighted by atomic mass is 10.1. The first kappa shape index (κ1) is 18.5. The minimum Gasteiger partial charge on any atom is -0.487 e. The van der Waals surface area contributed by atoms with Crippen LogP contribution in [0.4, 0.5) is 5.69 Å². The van der Waals surface area contributed by atoms with Gasteiger partial charge in [0.15, 0.2) is 5.75 Å². The van der Waals surface area contributed by atoms with Gasteiger partial charge >= 0.3 is 0 Å². The molecule has 0 aliphatic rings. The second-order valence-corrected chi connectivity index (χ2v) is 6.22. The van der Waals surface area contributed by atoms with Crippen LogP contribution in [0.25, 0.3) is 10.9 Å². The first-order valence-corrected chi connectivity index (χ1v) is 8.62. The molecule has 1 heterocycles. The average molecular weight is 391 g/mol. The Kier molecular flexibility index (Phi) is 5.93. The number of nitrogens with zero attached hydrogens (tertiary/aromatic N) is 1. The lowest BCUT2D eigenvalue weighted by Crippen LogP contribution is -2.15. The number of pyridine rings is 1. The Hall–Kier alpha value is -2.34. The van der Waals surface area contributed by atoms with E-state index in [-0.39, 0.29) is 5.91 Å². The molecule has 0 bridgehead atoms. The van der Waals surface area contributed by atoms with Crippen LogP contribution in [-0.2, 0) is 4.74 Å². The maximum absolute atomic E-state index is 12.8. The molecule has 26 heavy (non-hydrogen) atoms. The molecule has 0 saturated heterocycles. The van der Waals surface area contributed by atoms with Crippen molar-refractivity contribution >= 4 is 45.7 Å². The van der Waals surface area contributed by atoms with Crippen molar-refractivity contribution < 1.29 is 14.3 Å². The van der Waals surface area contributed by atoms with Gasteiger partial charge in [0.25, 0.3) is 5.91 Å². The van der Waals surface area contributed by atoms with Gasteiger partial charge in [0.1, 0.15) is 6.61 Å². The number of halogens is 2. The fraction of sp³-hybridized carbons (Fsp3) is 0.158. The van der Waals surface area contributed by atoms with Crippen LogP contribution in [0.3, 0.4) is 0 Å². The average Bonchev–Trinajstić information content (AvgIpc) is 2.64. The molecule has 0 spiro atoms. The number of carbonyl (C=O) groups is 1. The Labute approximate surface area is 160 Å². The highest BCUT2D eigenvalue weighted by Crippen LogP contribution is 2.34. The molecule has 5 nitrogen and oxygen atoms in total. The summed E-state index contributed by atoms with van der Waals surface area (Å²) in [5.41, 5.74) is 1.41. The largest absolute Gasteiger partial charge is 0.487 e. The zero-order valence-electron chi connectivity index (χ0n) is 14.0. The van der Waals surface area contributed by atoms with Gasteiger partial charge in [-0.2, -0.15) is 0 Å². The highest BCUT2D eigenvalue weighted by atomic mass is 35.5. The number of para-hydroxylation sites is 1. The number of rotatable bonds is 6. The van der Waals surface area contributed by atoms with Crippen LogP contribution in [-0.4, -0.2) is 31.2 Å². The van der Waals surface area contributed by atoms with Crippen molar-refractivity contribution in [2.24, 2.45) is 0 Å². The number of ether oxygens (including phenoxy) is 2. The van der Waals surface area contributed by atoms with Crippen molar-refractivity contribution in [3.63, 3.8) is 0 Å². The molecule has 0 aliphatic heterocycles. The molecule has 0 saturated carbocycles. The first-order chi connectivity index (χ1) is 12.6. The maximum atomic E-state index is 12.8. The third-order valence-corrected chi connectivity index (χ3v) is 4.34. The van der Waals surface area contributed by atoms with E-state index < -0.39 is 0 Å². The van der Waals surface area contributed by atoms with E-state index >= 15 is 0 Å². The van der Waals surface area contributed by atoms with Crippen LogP contribution < -0.4 is 10.1 Å². The summed E-state index contributed by atoms with van der Waals surface area (Å²) < 4.78 is 10.6. The first-order valence-electron chi connectivity index (χ1n) is 7.86. The molecule has 2 aromatic carbocycles. The van der Waals surface area contributed by atoms with E-state index in [0.29, 0.717) is 51.2 Å².